The molecule has 1 atom stereocenters. The average Bonchev–Trinajstić information content (AvgIpc) is 3.14. The molecular weight excluding hydrogens is 629 g/mol. The van der Waals surface area contributed by atoms with Gasteiger partial charge in [-0.05, 0) is 89.9 Å². The van der Waals surface area contributed by atoms with Crippen molar-refractivity contribution in [2.45, 2.75) is 187 Å². The molecule has 0 radical (unpaired) electrons. The highest BCUT2D eigenvalue weighted by atomic mass is 16.6. The fourth-order valence-electron chi connectivity index (χ4n) is 5.56. The number of unbranched alkanes of at least 4 members (excludes halogenated alkanes) is 16. The van der Waals surface area contributed by atoms with Crippen molar-refractivity contribution in [3.8, 4) is 0 Å². The lowest BCUT2D eigenvalue weighted by Gasteiger charge is -2.15. The summed E-state index contributed by atoms with van der Waals surface area (Å²) >= 11 is 0. The maximum absolute atomic E-state index is 12.2. The quantitative estimate of drug-likeness (QED) is 0.0394. The number of hydrogen-bond acceptors (Lipinski definition) is 4. The van der Waals surface area contributed by atoms with Crippen molar-refractivity contribution in [3.05, 3.63) is 85.1 Å². The third-order valence-electron chi connectivity index (χ3n) is 8.70. The van der Waals surface area contributed by atoms with Crippen LogP contribution in [0.15, 0.2) is 85.1 Å². The SMILES string of the molecule is CC/C=C\C/C=C\C/C=C\C/C=C\C/C=C\CCCCCCCCOCC(CO)OC(=O)CCCCCCCCC/C=C\C/C=C\CCCCC. The average molecular weight is 709 g/mol. The minimum atomic E-state index is -0.552. The van der Waals surface area contributed by atoms with E-state index in [-0.39, 0.29) is 19.2 Å². The number of aliphatic hydroxyl groups excluding tert-OH is 1. The van der Waals surface area contributed by atoms with E-state index in [1.54, 1.807) is 0 Å². The van der Waals surface area contributed by atoms with Gasteiger partial charge in [-0.15, -0.1) is 0 Å². The molecule has 0 aliphatic heterocycles. The van der Waals surface area contributed by atoms with Crippen molar-refractivity contribution >= 4 is 5.97 Å². The molecule has 0 rings (SSSR count). The molecule has 292 valence electrons. The van der Waals surface area contributed by atoms with E-state index < -0.39 is 6.10 Å². The van der Waals surface area contributed by atoms with Gasteiger partial charge in [-0.25, -0.2) is 0 Å². The number of esters is 1. The smallest absolute Gasteiger partial charge is 0.306 e. The van der Waals surface area contributed by atoms with Crippen molar-refractivity contribution in [2.75, 3.05) is 19.8 Å². The maximum atomic E-state index is 12.2. The topological polar surface area (TPSA) is 55.8 Å². The third kappa shape index (κ3) is 41.9. The number of ether oxygens (including phenoxy) is 2. The van der Waals surface area contributed by atoms with Gasteiger partial charge in [0.05, 0.1) is 13.2 Å². The lowest BCUT2D eigenvalue weighted by atomic mass is 10.1. The lowest BCUT2D eigenvalue weighted by molar-refractivity contribution is -0.154. The predicted molar refractivity (Wildman–Crippen MR) is 223 cm³/mol. The fourth-order valence-corrected chi connectivity index (χ4v) is 5.56. The number of allylic oxidation sites excluding steroid dienone is 14. The molecule has 4 heteroatoms. The van der Waals surface area contributed by atoms with Gasteiger partial charge in [0.25, 0.3) is 0 Å². The maximum Gasteiger partial charge on any atom is 0.306 e. The zero-order valence-electron chi connectivity index (χ0n) is 33.3. The van der Waals surface area contributed by atoms with E-state index in [0.717, 1.165) is 70.6 Å². The van der Waals surface area contributed by atoms with Gasteiger partial charge >= 0.3 is 5.97 Å². The summed E-state index contributed by atoms with van der Waals surface area (Å²) in [5.74, 6) is -0.218. The Morgan fingerprint density at radius 1 is 0.490 bits per heavy atom. The largest absolute Gasteiger partial charge is 0.457 e. The van der Waals surface area contributed by atoms with Gasteiger partial charge in [0.1, 0.15) is 6.10 Å². The second-order valence-corrected chi connectivity index (χ2v) is 13.7. The second kappa shape index (κ2) is 43.7. The van der Waals surface area contributed by atoms with Crippen LogP contribution in [0.25, 0.3) is 0 Å². The van der Waals surface area contributed by atoms with Gasteiger partial charge in [-0.2, -0.15) is 0 Å². The zero-order chi connectivity index (χ0) is 37.0. The van der Waals surface area contributed by atoms with Gasteiger partial charge in [-0.1, -0.05) is 170 Å². The Labute approximate surface area is 316 Å². The molecule has 0 spiro atoms. The first kappa shape index (κ1) is 48.6. The molecule has 0 aliphatic carbocycles. The van der Waals surface area contributed by atoms with Crippen LogP contribution < -0.4 is 0 Å². The van der Waals surface area contributed by atoms with Gasteiger partial charge < -0.3 is 14.6 Å². The van der Waals surface area contributed by atoms with E-state index in [0.29, 0.717) is 13.0 Å². The molecule has 4 nitrogen and oxygen atoms in total. The summed E-state index contributed by atoms with van der Waals surface area (Å²) in [4.78, 5) is 12.2. The molecule has 0 aromatic carbocycles. The van der Waals surface area contributed by atoms with Crippen molar-refractivity contribution < 1.29 is 19.4 Å². The van der Waals surface area contributed by atoms with E-state index in [1.165, 1.54) is 89.9 Å². The van der Waals surface area contributed by atoms with Crippen LogP contribution in [0.2, 0.25) is 0 Å². The van der Waals surface area contributed by atoms with Crippen LogP contribution in [0.5, 0.6) is 0 Å². The van der Waals surface area contributed by atoms with Gasteiger partial charge in [-0.3, -0.25) is 4.79 Å². The van der Waals surface area contributed by atoms with E-state index >= 15 is 0 Å². The summed E-state index contributed by atoms with van der Waals surface area (Å²) < 4.78 is 11.1. The lowest BCUT2D eigenvalue weighted by Crippen LogP contribution is -2.27. The Morgan fingerprint density at radius 3 is 1.33 bits per heavy atom. The van der Waals surface area contributed by atoms with Crippen LogP contribution in [0.1, 0.15) is 181 Å². The molecular formula is C47H80O4. The first-order valence-corrected chi connectivity index (χ1v) is 21.2. The van der Waals surface area contributed by atoms with E-state index in [2.05, 4.69) is 98.9 Å². The van der Waals surface area contributed by atoms with Crippen LogP contribution in [-0.4, -0.2) is 37.0 Å². The molecule has 0 saturated carbocycles. The van der Waals surface area contributed by atoms with Crippen LogP contribution in [0, 0.1) is 0 Å². The molecule has 0 aromatic heterocycles. The molecule has 1 unspecified atom stereocenters. The molecule has 0 saturated heterocycles. The standard InChI is InChI=1S/C47H80O4/c1-3-5-7-9-11-13-15-17-19-21-22-23-24-25-27-29-31-33-35-37-39-41-43-50-45-46(44-48)51-47(49)42-40-38-36-34-32-30-28-26-20-18-16-14-12-10-8-6-4-2/h5,7,11-14,17-20,22-23,25,27,46,48H,3-4,6,8-10,15-16,21,24,26,28-45H2,1-2H3/b7-5-,13-11-,14-12-,19-17-,20-18-,23-22-,27-25-. The summed E-state index contributed by atoms with van der Waals surface area (Å²) in [5.41, 5.74) is 0. The first-order valence-electron chi connectivity index (χ1n) is 21.2. The number of hydrogen-bond donors (Lipinski definition) is 1. The van der Waals surface area contributed by atoms with Gasteiger partial charge in [0.2, 0.25) is 0 Å². The number of carbonyl (C=O) groups excluding carboxylic acids is 1. The highest BCUT2D eigenvalue weighted by Crippen LogP contribution is 2.12. The normalized spacial score (nSPS) is 13.2. The van der Waals surface area contributed by atoms with Crippen molar-refractivity contribution in [1.82, 2.24) is 0 Å². The second-order valence-electron chi connectivity index (χ2n) is 13.7. The highest BCUT2D eigenvalue weighted by Gasteiger charge is 2.13. The molecule has 0 aromatic rings. The van der Waals surface area contributed by atoms with Crippen molar-refractivity contribution in [2.24, 2.45) is 0 Å². The Bertz CT molecular complexity index is 923. The van der Waals surface area contributed by atoms with Gasteiger partial charge in [0, 0.05) is 13.0 Å². The van der Waals surface area contributed by atoms with E-state index in [4.69, 9.17) is 9.47 Å². The Hall–Kier alpha value is -2.43. The Balaban J connectivity index is 3.52. The number of rotatable bonds is 38. The molecule has 0 aliphatic rings. The van der Waals surface area contributed by atoms with Crippen LogP contribution in [0.3, 0.4) is 0 Å². The van der Waals surface area contributed by atoms with Crippen molar-refractivity contribution in [3.63, 3.8) is 0 Å². The summed E-state index contributed by atoms with van der Waals surface area (Å²) in [6, 6.07) is 0. The van der Waals surface area contributed by atoms with E-state index in [1.807, 2.05) is 0 Å². The van der Waals surface area contributed by atoms with Crippen molar-refractivity contribution in [1.29, 1.82) is 0 Å². The van der Waals surface area contributed by atoms with Crippen LogP contribution in [0.4, 0.5) is 0 Å². The molecule has 0 amide bonds. The Kier molecular flexibility index (Phi) is 41.6. The first-order chi connectivity index (χ1) is 25.2. The molecule has 1 N–H and O–H groups in total. The Morgan fingerprint density at radius 2 is 0.882 bits per heavy atom. The highest BCUT2D eigenvalue weighted by molar-refractivity contribution is 5.69. The summed E-state index contributed by atoms with van der Waals surface area (Å²) in [6.45, 7) is 5.16. The predicted octanol–water partition coefficient (Wildman–Crippen LogP) is 14.0. The number of carbonyl (C=O) groups is 1. The summed E-state index contributed by atoms with van der Waals surface area (Å²) in [5, 5.41) is 9.60. The fraction of sp³-hybridized carbons (Fsp3) is 0.681. The van der Waals surface area contributed by atoms with Crippen LogP contribution in [-0.2, 0) is 14.3 Å². The summed E-state index contributed by atoms with van der Waals surface area (Å²) in [7, 11) is 0. The number of aliphatic hydroxyl groups is 1. The van der Waals surface area contributed by atoms with Gasteiger partial charge in [0.15, 0.2) is 0 Å². The molecule has 0 bridgehead atoms. The van der Waals surface area contributed by atoms with Crippen LogP contribution >= 0.6 is 0 Å². The molecule has 0 fully saturated rings. The molecule has 51 heavy (non-hydrogen) atoms. The van der Waals surface area contributed by atoms with E-state index in [9.17, 15) is 9.90 Å². The monoisotopic (exact) mass is 709 g/mol. The third-order valence-corrected chi connectivity index (χ3v) is 8.70. The zero-order valence-corrected chi connectivity index (χ0v) is 33.3. The molecule has 0 heterocycles. The minimum Gasteiger partial charge on any atom is -0.457 e. The summed E-state index contributed by atoms with van der Waals surface area (Å²) in [6.07, 6.45) is 60.6. The minimum absolute atomic E-state index is 0.186.